The quantitative estimate of drug-likeness (QED) is 0.679. The predicted octanol–water partition coefficient (Wildman–Crippen LogP) is 2.46. The number of hydrogen-bond donors (Lipinski definition) is 2. The number of fused-ring (bicyclic) bond motifs is 1. The zero-order valence-corrected chi connectivity index (χ0v) is 19.1. The van der Waals surface area contributed by atoms with E-state index in [1.54, 1.807) is 4.90 Å². The van der Waals surface area contributed by atoms with Crippen LogP contribution >= 0.6 is 0 Å². The monoisotopic (exact) mass is 482 g/mol. The molecule has 0 unspecified atom stereocenters. The first-order chi connectivity index (χ1) is 15.8. The summed E-state index contributed by atoms with van der Waals surface area (Å²) in [6.45, 7) is 5.60. The number of benzene rings is 1. The van der Waals surface area contributed by atoms with Crippen molar-refractivity contribution in [3.8, 4) is 6.07 Å². The maximum Gasteiger partial charge on any atom is 0.490 e. The molecule has 3 rings (SSSR count). The van der Waals surface area contributed by atoms with Crippen molar-refractivity contribution in [2.75, 3.05) is 13.1 Å². The molecule has 0 bridgehead atoms. The van der Waals surface area contributed by atoms with E-state index in [4.69, 9.17) is 15.6 Å². The molecule has 2 aliphatic heterocycles. The second kappa shape index (κ2) is 10.9. The van der Waals surface area contributed by atoms with Gasteiger partial charge in [0.2, 0.25) is 11.8 Å². The van der Waals surface area contributed by atoms with Crippen molar-refractivity contribution in [1.29, 1.82) is 5.26 Å². The standard InChI is InChI=1S/C21H28N4O2.C2HF3O2/c1-21(2,19(23)20(27)25-10-5-8-17(25)13-22)12-18(26)24-11-9-15-6-3-4-7-16(15)14-24;3-2(4,5)1(6)7/h3-4,6-7,17,19H,5,8-12,14,23H2,1-2H3;(H,6,7)/t17-,19+;/m0./s1. The third-order valence-electron chi connectivity index (χ3n) is 6.13. The summed E-state index contributed by atoms with van der Waals surface area (Å²) in [6, 6.07) is 9.17. The van der Waals surface area contributed by atoms with Crippen LogP contribution in [-0.2, 0) is 27.3 Å². The fourth-order valence-electron chi connectivity index (χ4n) is 4.00. The van der Waals surface area contributed by atoms with Gasteiger partial charge in [-0.3, -0.25) is 9.59 Å². The molecule has 0 saturated carbocycles. The van der Waals surface area contributed by atoms with Crippen LogP contribution in [0.25, 0.3) is 0 Å². The number of aliphatic carboxylic acids is 1. The Kier molecular flexibility index (Phi) is 8.66. The highest BCUT2D eigenvalue weighted by atomic mass is 19.4. The van der Waals surface area contributed by atoms with Gasteiger partial charge in [0.05, 0.1) is 12.1 Å². The van der Waals surface area contributed by atoms with Crippen LogP contribution in [0.4, 0.5) is 13.2 Å². The Morgan fingerprint density at radius 2 is 1.79 bits per heavy atom. The molecular weight excluding hydrogens is 453 g/mol. The molecule has 8 nitrogen and oxygen atoms in total. The van der Waals surface area contributed by atoms with Crippen molar-refractivity contribution in [2.24, 2.45) is 11.1 Å². The molecule has 1 aromatic rings. The summed E-state index contributed by atoms with van der Waals surface area (Å²) in [6.07, 6.45) is -2.50. The third-order valence-corrected chi connectivity index (χ3v) is 6.13. The normalized spacial score (nSPS) is 18.8. The van der Waals surface area contributed by atoms with Gasteiger partial charge in [-0.15, -0.1) is 0 Å². The van der Waals surface area contributed by atoms with E-state index in [1.807, 2.05) is 30.9 Å². The molecule has 1 aromatic carbocycles. The van der Waals surface area contributed by atoms with Crippen LogP contribution in [0.5, 0.6) is 0 Å². The molecule has 34 heavy (non-hydrogen) atoms. The van der Waals surface area contributed by atoms with Gasteiger partial charge in [0, 0.05) is 26.1 Å². The number of halogens is 3. The highest BCUT2D eigenvalue weighted by molar-refractivity contribution is 5.85. The zero-order valence-electron chi connectivity index (χ0n) is 19.1. The van der Waals surface area contributed by atoms with Gasteiger partial charge in [-0.25, -0.2) is 4.79 Å². The summed E-state index contributed by atoms with van der Waals surface area (Å²) < 4.78 is 31.7. The minimum absolute atomic E-state index is 0.0241. The summed E-state index contributed by atoms with van der Waals surface area (Å²) in [5.41, 5.74) is 8.08. The minimum Gasteiger partial charge on any atom is -0.475 e. The number of nitrogens with zero attached hydrogens (tertiary/aromatic N) is 3. The van der Waals surface area contributed by atoms with E-state index in [9.17, 15) is 28.0 Å². The Morgan fingerprint density at radius 3 is 2.35 bits per heavy atom. The van der Waals surface area contributed by atoms with Gasteiger partial charge >= 0.3 is 12.1 Å². The second-order valence-electron chi connectivity index (χ2n) is 9.10. The third kappa shape index (κ3) is 6.70. The predicted molar refractivity (Wildman–Crippen MR) is 116 cm³/mol. The zero-order chi connectivity index (χ0) is 25.7. The number of hydrogen-bond acceptors (Lipinski definition) is 5. The molecule has 1 fully saturated rings. The molecule has 1 saturated heterocycles. The number of nitrogens with two attached hydrogens (primary N) is 1. The number of amides is 2. The van der Waals surface area contributed by atoms with Crippen LogP contribution in [-0.4, -0.2) is 64.0 Å². The number of likely N-dealkylation sites (tertiary alicyclic amines) is 1. The van der Waals surface area contributed by atoms with Crippen LogP contribution in [0.15, 0.2) is 24.3 Å². The van der Waals surface area contributed by atoms with Crippen molar-refractivity contribution in [3.63, 3.8) is 0 Å². The molecule has 0 radical (unpaired) electrons. The first-order valence-electron chi connectivity index (χ1n) is 10.9. The molecule has 0 aliphatic carbocycles. The summed E-state index contributed by atoms with van der Waals surface area (Å²) in [5, 5.41) is 16.3. The lowest BCUT2D eigenvalue weighted by molar-refractivity contribution is -0.192. The van der Waals surface area contributed by atoms with E-state index >= 15 is 0 Å². The van der Waals surface area contributed by atoms with E-state index in [2.05, 4.69) is 18.2 Å². The van der Waals surface area contributed by atoms with E-state index in [0.29, 0.717) is 26.1 Å². The van der Waals surface area contributed by atoms with Gasteiger partial charge in [-0.2, -0.15) is 18.4 Å². The lowest BCUT2D eigenvalue weighted by Crippen LogP contribution is -2.53. The number of alkyl halides is 3. The van der Waals surface area contributed by atoms with E-state index in [0.717, 1.165) is 12.8 Å². The van der Waals surface area contributed by atoms with Gasteiger partial charge in [-0.1, -0.05) is 38.1 Å². The molecule has 2 amide bonds. The highest BCUT2D eigenvalue weighted by Crippen LogP contribution is 2.30. The molecular formula is C23H29F3N4O4. The Morgan fingerprint density at radius 1 is 1.21 bits per heavy atom. The fourth-order valence-corrected chi connectivity index (χ4v) is 4.00. The van der Waals surface area contributed by atoms with E-state index in [1.165, 1.54) is 11.1 Å². The first kappa shape index (κ1) is 27.1. The number of carboxylic acid groups (broad SMARTS) is 1. The average molecular weight is 483 g/mol. The Labute approximate surface area is 196 Å². The van der Waals surface area contributed by atoms with Crippen LogP contribution < -0.4 is 5.73 Å². The van der Waals surface area contributed by atoms with Crippen molar-refractivity contribution in [3.05, 3.63) is 35.4 Å². The summed E-state index contributed by atoms with van der Waals surface area (Å²) in [7, 11) is 0. The van der Waals surface area contributed by atoms with Gasteiger partial charge in [0.15, 0.2) is 0 Å². The molecule has 0 spiro atoms. The SMILES string of the molecule is CC(C)(CC(=O)N1CCc2ccccc2C1)[C@H](N)C(=O)N1CCC[C@H]1C#N.O=C(O)C(F)(F)F. The number of carbonyl (C=O) groups excluding carboxylic acids is 2. The molecule has 11 heteroatoms. The minimum atomic E-state index is -5.08. The lowest BCUT2D eigenvalue weighted by atomic mass is 9.80. The van der Waals surface area contributed by atoms with Crippen molar-refractivity contribution in [2.45, 2.75) is 64.3 Å². The Hall–Kier alpha value is -3.13. The molecule has 2 aliphatic rings. The smallest absolute Gasteiger partial charge is 0.475 e. The average Bonchev–Trinajstić information content (AvgIpc) is 3.26. The van der Waals surface area contributed by atoms with Gasteiger partial charge in [0.25, 0.3) is 0 Å². The fraction of sp³-hybridized carbons (Fsp3) is 0.565. The largest absolute Gasteiger partial charge is 0.490 e. The summed E-state index contributed by atoms with van der Waals surface area (Å²) in [5.74, 6) is -2.95. The number of nitriles is 1. The van der Waals surface area contributed by atoms with Crippen LogP contribution in [0.1, 0.15) is 44.2 Å². The molecule has 186 valence electrons. The maximum absolute atomic E-state index is 12.9. The lowest BCUT2D eigenvalue weighted by Gasteiger charge is -2.36. The van der Waals surface area contributed by atoms with E-state index in [-0.39, 0.29) is 18.2 Å². The second-order valence-corrected chi connectivity index (χ2v) is 9.10. The Balaban J connectivity index is 0.000000509. The van der Waals surface area contributed by atoms with Crippen molar-refractivity contribution < 1.29 is 32.7 Å². The van der Waals surface area contributed by atoms with Crippen molar-refractivity contribution >= 4 is 17.8 Å². The molecule has 2 heterocycles. The van der Waals surface area contributed by atoms with Gasteiger partial charge < -0.3 is 20.6 Å². The first-order valence-corrected chi connectivity index (χ1v) is 10.9. The number of rotatable bonds is 4. The van der Waals surface area contributed by atoms with Crippen LogP contribution in [0.3, 0.4) is 0 Å². The topological polar surface area (TPSA) is 128 Å². The number of carbonyl (C=O) groups is 3. The molecule has 3 N–H and O–H groups in total. The molecule has 2 atom stereocenters. The van der Waals surface area contributed by atoms with Gasteiger partial charge in [-0.05, 0) is 35.8 Å². The molecule has 0 aromatic heterocycles. The van der Waals surface area contributed by atoms with E-state index < -0.39 is 29.6 Å². The highest BCUT2D eigenvalue weighted by Gasteiger charge is 2.41. The number of carboxylic acids is 1. The maximum atomic E-state index is 12.9. The van der Waals surface area contributed by atoms with Crippen LogP contribution in [0, 0.1) is 16.7 Å². The van der Waals surface area contributed by atoms with Crippen molar-refractivity contribution in [1.82, 2.24) is 9.80 Å². The van der Waals surface area contributed by atoms with Gasteiger partial charge in [0.1, 0.15) is 6.04 Å². The summed E-state index contributed by atoms with van der Waals surface area (Å²) >= 11 is 0. The Bertz CT molecular complexity index is 958. The van der Waals surface area contributed by atoms with Crippen LogP contribution in [0.2, 0.25) is 0 Å². The summed E-state index contributed by atoms with van der Waals surface area (Å²) in [4.78, 5) is 38.0.